The first-order valence-electron chi connectivity index (χ1n) is 4.95. The summed E-state index contributed by atoms with van der Waals surface area (Å²) < 4.78 is 0. The molecule has 0 bridgehead atoms. The van der Waals surface area contributed by atoms with Crippen molar-refractivity contribution in [1.82, 2.24) is 5.32 Å². The van der Waals surface area contributed by atoms with Crippen molar-refractivity contribution in [2.24, 2.45) is 5.92 Å². The monoisotopic (exact) mass is 165 g/mol. The van der Waals surface area contributed by atoms with Crippen LogP contribution in [0.1, 0.15) is 39.5 Å². The largest absolute Gasteiger partial charge is 0.301 e. The van der Waals surface area contributed by atoms with Crippen LogP contribution in [0, 0.1) is 18.3 Å². The molecule has 0 heterocycles. The molecular formula is C11H19N. The van der Waals surface area contributed by atoms with E-state index in [-0.39, 0.29) is 5.54 Å². The normalized spacial score (nSPS) is 22.4. The number of hydrogen-bond donors (Lipinski definition) is 1. The Balaban J connectivity index is 2.26. The van der Waals surface area contributed by atoms with Gasteiger partial charge in [0.2, 0.25) is 0 Å². The van der Waals surface area contributed by atoms with Crippen molar-refractivity contribution in [2.75, 3.05) is 6.54 Å². The van der Waals surface area contributed by atoms with Crippen molar-refractivity contribution in [3.8, 4) is 12.3 Å². The Labute approximate surface area is 75.9 Å². The average Bonchev–Trinajstić information content (AvgIpc) is 2.03. The number of nitrogens with one attached hydrogen (secondary N) is 1. The predicted molar refractivity (Wildman–Crippen MR) is 52.9 cm³/mol. The Bertz CT molecular complexity index is 174. The molecule has 1 rings (SSSR count). The molecule has 1 fully saturated rings. The van der Waals surface area contributed by atoms with Gasteiger partial charge < -0.3 is 5.32 Å². The van der Waals surface area contributed by atoms with Gasteiger partial charge in [0.25, 0.3) is 0 Å². The first-order valence-corrected chi connectivity index (χ1v) is 4.95. The molecule has 1 aliphatic carbocycles. The molecule has 1 N–H and O–H groups in total. The second-order valence-electron chi connectivity index (χ2n) is 3.97. The van der Waals surface area contributed by atoms with Crippen molar-refractivity contribution < 1.29 is 0 Å². The van der Waals surface area contributed by atoms with Crippen LogP contribution in [0.4, 0.5) is 0 Å². The number of hydrogen-bond acceptors (Lipinski definition) is 1. The molecule has 0 aromatic carbocycles. The van der Waals surface area contributed by atoms with E-state index in [2.05, 4.69) is 25.1 Å². The van der Waals surface area contributed by atoms with Crippen LogP contribution in [0.25, 0.3) is 0 Å². The van der Waals surface area contributed by atoms with Crippen molar-refractivity contribution in [1.29, 1.82) is 0 Å². The minimum Gasteiger partial charge on any atom is -0.301 e. The lowest BCUT2D eigenvalue weighted by Crippen LogP contribution is -2.50. The molecule has 1 nitrogen and oxygen atoms in total. The highest BCUT2D eigenvalue weighted by Crippen LogP contribution is 2.30. The van der Waals surface area contributed by atoms with Gasteiger partial charge in [0, 0.05) is 0 Å². The highest BCUT2D eigenvalue weighted by atomic mass is 15.0. The number of terminal acetylenes is 1. The van der Waals surface area contributed by atoms with E-state index in [1.165, 1.54) is 25.7 Å². The Morgan fingerprint density at radius 3 is 2.58 bits per heavy atom. The van der Waals surface area contributed by atoms with E-state index in [1.807, 2.05) is 0 Å². The van der Waals surface area contributed by atoms with Gasteiger partial charge in [0.15, 0.2) is 0 Å². The molecule has 0 amide bonds. The van der Waals surface area contributed by atoms with Gasteiger partial charge in [0.05, 0.1) is 5.54 Å². The first-order chi connectivity index (χ1) is 5.72. The van der Waals surface area contributed by atoms with Gasteiger partial charge in [-0.3, -0.25) is 0 Å². The van der Waals surface area contributed by atoms with Gasteiger partial charge in [-0.25, -0.2) is 0 Å². The van der Waals surface area contributed by atoms with E-state index in [4.69, 9.17) is 6.42 Å². The molecule has 1 aliphatic rings. The fourth-order valence-corrected chi connectivity index (χ4v) is 1.42. The average molecular weight is 165 g/mol. The highest BCUT2D eigenvalue weighted by Gasteiger charge is 2.34. The van der Waals surface area contributed by atoms with Crippen LogP contribution in [0.5, 0.6) is 0 Å². The molecule has 0 saturated heterocycles. The molecule has 68 valence electrons. The van der Waals surface area contributed by atoms with Crippen molar-refractivity contribution >= 4 is 0 Å². The molecule has 1 heteroatoms. The maximum absolute atomic E-state index is 5.48. The lowest BCUT2D eigenvalue weighted by Gasteiger charge is -2.38. The molecule has 0 aromatic rings. The van der Waals surface area contributed by atoms with Crippen LogP contribution in [-0.4, -0.2) is 12.1 Å². The fourth-order valence-electron chi connectivity index (χ4n) is 1.42. The maximum Gasteiger partial charge on any atom is 0.0798 e. The quantitative estimate of drug-likeness (QED) is 0.630. The smallest absolute Gasteiger partial charge is 0.0798 e. The number of rotatable bonds is 4. The van der Waals surface area contributed by atoms with E-state index in [0.29, 0.717) is 0 Å². The van der Waals surface area contributed by atoms with Gasteiger partial charge in [-0.05, 0) is 31.7 Å². The van der Waals surface area contributed by atoms with E-state index >= 15 is 0 Å². The van der Waals surface area contributed by atoms with E-state index in [0.717, 1.165) is 12.5 Å². The SMILES string of the molecule is C#CC1(NCC(C)CC)CCC1. The fraction of sp³-hybridized carbons (Fsp3) is 0.818. The highest BCUT2D eigenvalue weighted by molar-refractivity contribution is 5.17. The zero-order valence-electron chi connectivity index (χ0n) is 8.19. The lowest BCUT2D eigenvalue weighted by atomic mass is 9.77. The predicted octanol–water partition coefficient (Wildman–Crippen LogP) is 2.18. The van der Waals surface area contributed by atoms with Gasteiger partial charge in [-0.15, -0.1) is 6.42 Å². The summed E-state index contributed by atoms with van der Waals surface area (Å²) in [6, 6.07) is 0. The zero-order chi connectivity index (χ0) is 9.03. The molecule has 0 radical (unpaired) electrons. The summed E-state index contributed by atoms with van der Waals surface area (Å²) in [5.74, 6) is 3.63. The van der Waals surface area contributed by atoms with E-state index < -0.39 is 0 Å². The summed E-state index contributed by atoms with van der Waals surface area (Å²) >= 11 is 0. The Morgan fingerprint density at radius 2 is 2.25 bits per heavy atom. The Morgan fingerprint density at radius 1 is 1.58 bits per heavy atom. The third kappa shape index (κ3) is 2.01. The van der Waals surface area contributed by atoms with Gasteiger partial charge >= 0.3 is 0 Å². The molecule has 1 saturated carbocycles. The molecule has 1 atom stereocenters. The minimum absolute atomic E-state index is 0.0728. The Kier molecular flexibility index (Phi) is 3.17. The minimum atomic E-state index is 0.0728. The van der Waals surface area contributed by atoms with Crippen molar-refractivity contribution in [3.05, 3.63) is 0 Å². The van der Waals surface area contributed by atoms with Gasteiger partial charge in [-0.1, -0.05) is 26.2 Å². The first kappa shape index (κ1) is 9.61. The summed E-state index contributed by atoms with van der Waals surface area (Å²) in [6.45, 7) is 5.55. The summed E-state index contributed by atoms with van der Waals surface area (Å²) in [5, 5.41) is 3.50. The molecule has 12 heavy (non-hydrogen) atoms. The topological polar surface area (TPSA) is 12.0 Å². The van der Waals surface area contributed by atoms with Crippen LogP contribution in [-0.2, 0) is 0 Å². The molecule has 1 unspecified atom stereocenters. The third-order valence-electron chi connectivity index (χ3n) is 2.97. The van der Waals surface area contributed by atoms with Crippen LogP contribution in [0.3, 0.4) is 0 Å². The second-order valence-corrected chi connectivity index (χ2v) is 3.97. The van der Waals surface area contributed by atoms with Crippen LogP contribution >= 0.6 is 0 Å². The maximum atomic E-state index is 5.48. The second kappa shape index (κ2) is 3.96. The molecular weight excluding hydrogens is 146 g/mol. The summed E-state index contributed by atoms with van der Waals surface area (Å²) in [4.78, 5) is 0. The third-order valence-corrected chi connectivity index (χ3v) is 2.97. The molecule has 0 aliphatic heterocycles. The van der Waals surface area contributed by atoms with Crippen LogP contribution in [0.2, 0.25) is 0 Å². The molecule has 0 aromatic heterocycles. The zero-order valence-corrected chi connectivity index (χ0v) is 8.19. The van der Waals surface area contributed by atoms with Crippen molar-refractivity contribution in [3.63, 3.8) is 0 Å². The molecule has 0 spiro atoms. The summed E-state index contributed by atoms with van der Waals surface area (Å²) in [5.41, 5.74) is 0.0728. The summed E-state index contributed by atoms with van der Waals surface area (Å²) in [6.07, 6.45) is 10.3. The van der Waals surface area contributed by atoms with Gasteiger partial charge in [0.1, 0.15) is 0 Å². The van der Waals surface area contributed by atoms with Gasteiger partial charge in [-0.2, -0.15) is 0 Å². The van der Waals surface area contributed by atoms with Crippen LogP contribution in [0.15, 0.2) is 0 Å². The Hall–Kier alpha value is -0.480. The van der Waals surface area contributed by atoms with E-state index in [9.17, 15) is 0 Å². The lowest BCUT2D eigenvalue weighted by molar-refractivity contribution is 0.245. The standard InChI is InChI=1S/C11H19N/c1-4-10(3)9-12-11(5-2)7-6-8-11/h2,10,12H,4,6-9H2,1,3H3. The van der Waals surface area contributed by atoms with Crippen molar-refractivity contribution in [2.45, 2.75) is 45.1 Å². The van der Waals surface area contributed by atoms with Crippen LogP contribution < -0.4 is 5.32 Å². The summed E-state index contributed by atoms with van der Waals surface area (Å²) in [7, 11) is 0. The van der Waals surface area contributed by atoms with E-state index in [1.54, 1.807) is 0 Å².